The summed E-state index contributed by atoms with van der Waals surface area (Å²) in [7, 11) is 6.73. The zero-order chi connectivity index (χ0) is 98.7. The van der Waals surface area contributed by atoms with Crippen LogP contribution in [0.15, 0.2) is 413 Å². The summed E-state index contributed by atoms with van der Waals surface area (Å²) in [4.78, 5) is 0. The summed E-state index contributed by atoms with van der Waals surface area (Å²) >= 11 is 0. The van der Waals surface area contributed by atoms with Gasteiger partial charge < -0.3 is 0 Å². The van der Waals surface area contributed by atoms with Gasteiger partial charge in [-0.2, -0.15) is 13.7 Å². The molecule has 22 aromatic rings. The van der Waals surface area contributed by atoms with E-state index in [0.29, 0.717) is 29.6 Å². The Morgan fingerprint density at radius 1 is 0.174 bits per heavy atom. The monoisotopic (exact) mass is 1860 g/mol. The Bertz CT molecular complexity index is 8800. The standard InChI is InChI=1S/C51H45N2.C45H41N2.C42H35N2/c1-32(2)44-30-36(35-18-8-7-9-19-35)31-45(33(3)4)50(44)53-47-27-17-16-26-46(47)52(6)51(53)48-34(5)28-29-43-41-24-13-12-22-39(41)37-20-10-11-21-38(37)40-23-14-15-25-42(40)49(43)48;1-28(2)31-22-15-23-32(29(3)4)44(31)47-41-25-14-13-24-40(41)46(6)45(47)42-30(5)26-27-39-37-20-10-9-18-35(37)33-16-7-8-17-34(33)36-19-11-12-21-38(36)43(39)42;1-27(2)29-15-11-12-22-37(29)44-39-24-14-13-23-38(39)43(4)42(44)40-28(3)25-26-36-34-20-8-7-18-32(34)30-16-5-6-17-31(30)33-19-9-10-21-35(33)41(36)40/h7-33H,1-6H3;7-29H,1-6H3;5-27H,1-4H3/q3*+1. The average molecular weight is 1860 g/mol. The average Bonchev–Trinajstić information content (AvgIpc) is 1.38. The summed E-state index contributed by atoms with van der Waals surface area (Å²) in [5.74, 6) is 5.30. The molecule has 19 aromatic carbocycles. The summed E-state index contributed by atoms with van der Waals surface area (Å²) in [5.41, 5.74) is 58.4. The Labute approximate surface area is 848 Å². The number of nitrogens with zero attached hydrogens (tertiary/aromatic N) is 6. The van der Waals surface area contributed by atoms with Gasteiger partial charge in [0.05, 0.1) is 37.8 Å². The molecule has 0 spiro atoms. The third-order valence-corrected chi connectivity index (χ3v) is 30.8. The predicted octanol–water partition coefficient (Wildman–Crippen LogP) is 35.5. The SMILES string of the molecule is Cc1ccc2c(c1-c1n(-c3c(C(C)C)cc(-c4ccccc4)cc3C(C)C)c3ccccc3[n+]1C)-c1ccccc1-c1ccccc1-c1ccccc1-2.Cc1ccc2c(c1-c1n(-c3c(C(C)C)cccc3C(C)C)c3ccccc3[n+]1C)-c1ccccc1-c1ccccc1-c1ccccc1-2.Cc1ccc2c(c1-c1n(-c3ccccc3C(C)C)c3ccccc3[n+]1C)-c1ccccc1-c1ccccc1-c1ccccc1-2. The van der Waals surface area contributed by atoms with E-state index in [2.05, 4.69) is 551 Å². The smallest absolute Gasteiger partial charge is 0.225 e. The van der Waals surface area contributed by atoms with E-state index < -0.39 is 0 Å². The number of rotatable bonds is 12. The van der Waals surface area contributed by atoms with Crippen LogP contribution in [0, 0.1) is 20.8 Å². The van der Waals surface area contributed by atoms with Crippen molar-refractivity contribution in [2.45, 2.75) is 120 Å². The van der Waals surface area contributed by atoms with Crippen molar-refractivity contribution >= 4 is 33.1 Å². The minimum atomic E-state index is 0.298. The Kier molecular flexibility index (Phi) is 23.6. The molecule has 144 heavy (non-hydrogen) atoms. The molecule has 0 bridgehead atoms. The number of para-hydroxylation sites is 8. The normalized spacial score (nSPS) is 11.9. The second-order valence-electron chi connectivity index (χ2n) is 41.1. The Morgan fingerprint density at radius 3 is 0.694 bits per heavy atom. The Hall–Kier alpha value is -16.4. The molecule has 25 rings (SSSR count). The van der Waals surface area contributed by atoms with E-state index in [1.165, 1.54) is 273 Å². The van der Waals surface area contributed by atoms with Gasteiger partial charge in [0, 0.05) is 44.5 Å². The molecule has 0 saturated heterocycles. The van der Waals surface area contributed by atoms with Crippen molar-refractivity contribution in [3.8, 4) is 196 Å². The van der Waals surface area contributed by atoms with Gasteiger partial charge in [0.1, 0.15) is 17.1 Å². The van der Waals surface area contributed by atoms with Crippen molar-refractivity contribution in [3.05, 3.63) is 457 Å². The summed E-state index contributed by atoms with van der Waals surface area (Å²) < 4.78 is 15.0. The van der Waals surface area contributed by atoms with Gasteiger partial charge >= 0.3 is 0 Å². The summed E-state index contributed by atoms with van der Waals surface area (Å²) in [5, 5.41) is 0. The highest BCUT2D eigenvalue weighted by molar-refractivity contribution is 6.12. The van der Waals surface area contributed by atoms with Gasteiger partial charge in [0.15, 0.2) is 33.1 Å². The third-order valence-electron chi connectivity index (χ3n) is 30.8. The van der Waals surface area contributed by atoms with Crippen molar-refractivity contribution < 1.29 is 13.7 Å². The van der Waals surface area contributed by atoms with Crippen molar-refractivity contribution in [1.29, 1.82) is 0 Å². The number of hydrogen-bond donors (Lipinski definition) is 0. The molecule has 3 heterocycles. The maximum atomic E-state index is 2.61. The highest BCUT2D eigenvalue weighted by Crippen LogP contribution is 2.58. The maximum Gasteiger partial charge on any atom is 0.295 e. The van der Waals surface area contributed by atoms with Crippen molar-refractivity contribution in [3.63, 3.8) is 0 Å². The van der Waals surface area contributed by atoms with Crippen LogP contribution >= 0.6 is 0 Å². The van der Waals surface area contributed by atoms with E-state index in [-0.39, 0.29) is 0 Å². The first-order chi connectivity index (χ1) is 70.2. The van der Waals surface area contributed by atoms with Crippen LogP contribution < -0.4 is 13.7 Å². The molecule has 0 aliphatic heterocycles. The maximum absolute atomic E-state index is 2.61. The molecule has 0 radical (unpaired) electrons. The summed E-state index contributed by atoms with van der Waals surface area (Å²) in [6.07, 6.45) is 0. The molecule has 3 aromatic heterocycles. The van der Waals surface area contributed by atoms with Crippen molar-refractivity contribution in [1.82, 2.24) is 13.7 Å². The van der Waals surface area contributed by atoms with Gasteiger partial charge in [0.2, 0.25) is 0 Å². The molecule has 0 unspecified atom stereocenters. The first kappa shape index (κ1) is 91.4. The van der Waals surface area contributed by atoms with Crippen molar-refractivity contribution in [2.75, 3.05) is 0 Å². The predicted molar refractivity (Wildman–Crippen MR) is 606 cm³/mol. The summed E-state index contributed by atoms with van der Waals surface area (Å²) in [6, 6.07) is 153. The van der Waals surface area contributed by atoms with Gasteiger partial charge in [-0.05, 0) is 250 Å². The number of imidazole rings is 3. The van der Waals surface area contributed by atoms with Gasteiger partial charge in [-0.25, -0.2) is 13.7 Å². The van der Waals surface area contributed by atoms with Gasteiger partial charge in [-0.1, -0.05) is 427 Å². The molecule has 0 amide bonds. The summed E-state index contributed by atoms with van der Waals surface area (Å²) in [6.45, 7) is 30.1. The lowest BCUT2D eigenvalue weighted by Gasteiger charge is -2.26. The van der Waals surface area contributed by atoms with Crippen LogP contribution in [-0.4, -0.2) is 13.7 Å². The molecule has 3 aliphatic carbocycles. The Morgan fingerprint density at radius 2 is 0.396 bits per heavy atom. The Balaban J connectivity index is 0.000000120. The van der Waals surface area contributed by atoms with Gasteiger partial charge in [0.25, 0.3) is 17.5 Å². The molecule has 0 N–H and O–H groups in total. The molecule has 0 saturated carbocycles. The van der Waals surface area contributed by atoms with E-state index in [1.54, 1.807) is 0 Å². The minimum absolute atomic E-state index is 0.298. The van der Waals surface area contributed by atoms with E-state index in [9.17, 15) is 0 Å². The zero-order valence-electron chi connectivity index (χ0n) is 85.3. The molecule has 3 aliphatic rings. The van der Waals surface area contributed by atoms with E-state index in [4.69, 9.17) is 0 Å². The third kappa shape index (κ3) is 15.1. The van der Waals surface area contributed by atoms with Gasteiger partial charge in [-0.3, -0.25) is 0 Å². The van der Waals surface area contributed by atoms with Crippen LogP contribution in [0.3, 0.4) is 0 Å². The lowest BCUT2D eigenvalue weighted by atomic mass is 9.78. The van der Waals surface area contributed by atoms with Crippen LogP contribution in [0.2, 0.25) is 0 Å². The number of aromatic nitrogens is 6. The minimum Gasteiger partial charge on any atom is -0.225 e. The molecule has 6 heteroatoms. The number of fused-ring (bicyclic) bond motifs is 27. The van der Waals surface area contributed by atoms with E-state index in [0.717, 1.165) is 0 Å². The van der Waals surface area contributed by atoms with Crippen LogP contribution in [-0.2, 0) is 21.1 Å². The second kappa shape index (κ2) is 37.2. The van der Waals surface area contributed by atoms with Crippen LogP contribution in [0.4, 0.5) is 0 Å². The molecule has 700 valence electrons. The van der Waals surface area contributed by atoms with E-state index in [1.807, 2.05) is 0 Å². The topological polar surface area (TPSA) is 26.4 Å². The highest BCUT2D eigenvalue weighted by Gasteiger charge is 2.41. The van der Waals surface area contributed by atoms with Crippen molar-refractivity contribution in [2.24, 2.45) is 21.1 Å². The van der Waals surface area contributed by atoms with Crippen LogP contribution in [0.5, 0.6) is 0 Å². The molecule has 0 fully saturated rings. The lowest BCUT2D eigenvalue weighted by Crippen LogP contribution is -2.31. The fourth-order valence-electron chi connectivity index (χ4n) is 24.1. The molecule has 6 nitrogen and oxygen atoms in total. The fourth-order valence-corrected chi connectivity index (χ4v) is 24.1. The first-order valence-electron chi connectivity index (χ1n) is 51.5. The first-order valence-corrected chi connectivity index (χ1v) is 51.5. The molecular formula is C138H121N6+3. The largest absolute Gasteiger partial charge is 0.295 e. The molecular weight excluding hydrogens is 1740 g/mol. The van der Waals surface area contributed by atoms with Crippen LogP contribution in [0.25, 0.3) is 229 Å². The number of hydrogen-bond acceptors (Lipinski definition) is 0. The van der Waals surface area contributed by atoms with Gasteiger partial charge in [-0.15, -0.1) is 0 Å². The fraction of sp³-hybridized carbons (Fsp3) is 0.152. The van der Waals surface area contributed by atoms with Crippen LogP contribution in [0.1, 0.15) is 143 Å². The lowest BCUT2D eigenvalue weighted by molar-refractivity contribution is -0.633. The second-order valence-corrected chi connectivity index (χ2v) is 41.1. The highest BCUT2D eigenvalue weighted by atomic mass is 15.2. The quantitative estimate of drug-likeness (QED) is 0.109. The van der Waals surface area contributed by atoms with E-state index >= 15 is 0 Å². The zero-order valence-corrected chi connectivity index (χ0v) is 85.3. The number of benzene rings is 19. The molecule has 0 atom stereocenters. The number of aryl methyl sites for hydroxylation is 6.